The standard InChI is InChI=1S/C17H19NO4/c1-11(2)8-14(12-6-4-3-5-7-12)18-16(19)15-9-13(10-22-15)17(20)21/h3-7,9-11,14H,8H2,1-2H3,(H,18,19)(H,20,21). The van der Waals surface area contributed by atoms with Crippen molar-refractivity contribution >= 4 is 11.9 Å². The summed E-state index contributed by atoms with van der Waals surface area (Å²) in [5.41, 5.74) is 0.972. The first-order valence-corrected chi connectivity index (χ1v) is 7.15. The van der Waals surface area contributed by atoms with E-state index in [9.17, 15) is 9.59 Å². The van der Waals surface area contributed by atoms with Crippen molar-refractivity contribution in [1.29, 1.82) is 0 Å². The first kappa shape index (κ1) is 15.8. The van der Waals surface area contributed by atoms with Crippen molar-refractivity contribution in [2.24, 2.45) is 5.92 Å². The number of nitrogens with one attached hydrogen (secondary N) is 1. The number of hydrogen-bond acceptors (Lipinski definition) is 3. The lowest BCUT2D eigenvalue weighted by Gasteiger charge is -2.20. The first-order chi connectivity index (χ1) is 10.5. The molecule has 2 aromatic rings. The Labute approximate surface area is 129 Å². The second-order valence-corrected chi connectivity index (χ2v) is 5.57. The molecule has 0 saturated heterocycles. The first-order valence-electron chi connectivity index (χ1n) is 7.15. The quantitative estimate of drug-likeness (QED) is 0.856. The van der Waals surface area contributed by atoms with Crippen molar-refractivity contribution in [2.75, 3.05) is 0 Å². The Morgan fingerprint density at radius 3 is 2.45 bits per heavy atom. The van der Waals surface area contributed by atoms with E-state index >= 15 is 0 Å². The number of carboxylic acids is 1. The molecule has 1 aromatic heterocycles. The van der Waals surface area contributed by atoms with Crippen LogP contribution >= 0.6 is 0 Å². The van der Waals surface area contributed by atoms with Crippen LogP contribution < -0.4 is 5.32 Å². The fraction of sp³-hybridized carbons (Fsp3) is 0.294. The second-order valence-electron chi connectivity index (χ2n) is 5.57. The van der Waals surface area contributed by atoms with Gasteiger partial charge in [0.2, 0.25) is 0 Å². The van der Waals surface area contributed by atoms with Crippen molar-refractivity contribution in [3.05, 3.63) is 59.5 Å². The maximum atomic E-state index is 12.2. The van der Waals surface area contributed by atoms with E-state index in [1.54, 1.807) is 0 Å². The maximum Gasteiger partial charge on any atom is 0.338 e. The highest BCUT2D eigenvalue weighted by molar-refractivity contribution is 5.95. The van der Waals surface area contributed by atoms with Gasteiger partial charge >= 0.3 is 5.97 Å². The number of rotatable bonds is 6. The largest absolute Gasteiger partial charge is 0.478 e. The molecule has 1 amide bonds. The lowest BCUT2D eigenvalue weighted by Crippen LogP contribution is -2.29. The third-order valence-corrected chi connectivity index (χ3v) is 3.28. The van der Waals surface area contributed by atoms with Gasteiger partial charge in [0.1, 0.15) is 6.26 Å². The monoisotopic (exact) mass is 301 g/mol. The van der Waals surface area contributed by atoms with Gasteiger partial charge < -0.3 is 14.8 Å². The molecular formula is C17H19NO4. The third-order valence-electron chi connectivity index (χ3n) is 3.28. The minimum absolute atomic E-state index is 0.00193. The van der Waals surface area contributed by atoms with Gasteiger partial charge in [0.15, 0.2) is 5.76 Å². The number of furan rings is 1. The van der Waals surface area contributed by atoms with Crippen LogP contribution in [0.15, 0.2) is 47.1 Å². The van der Waals surface area contributed by atoms with Crippen molar-refractivity contribution in [3.63, 3.8) is 0 Å². The highest BCUT2D eigenvalue weighted by Crippen LogP contribution is 2.22. The summed E-state index contributed by atoms with van der Waals surface area (Å²) in [6, 6.07) is 10.8. The number of carbonyl (C=O) groups excluding carboxylic acids is 1. The molecule has 0 spiro atoms. The Kier molecular flexibility index (Phi) is 4.99. The molecule has 0 bridgehead atoms. The van der Waals surface area contributed by atoms with Crippen molar-refractivity contribution in [1.82, 2.24) is 5.32 Å². The van der Waals surface area contributed by atoms with Gasteiger partial charge in [-0.15, -0.1) is 0 Å². The van der Waals surface area contributed by atoms with Gasteiger partial charge in [-0.1, -0.05) is 44.2 Å². The molecule has 116 valence electrons. The molecule has 0 saturated carbocycles. The Morgan fingerprint density at radius 1 is 1.23 bits per heavy atom. The predicted octanol–water partition coefficient (Wildman–Crippen LogP) is 3.50. The van der Waals surface area contributed by atoms with Crippen LogP contribution in [0.5, 0.6) is 0 Å². The van der Waals surface area contributed by atoms with Crippen LogP contribution in [0.4, 0.5) is 0 Å². The van der Waals surface area contributed by atoms with Gasteiger partial charge in [0, 0.05) is 6.07 Å². The van der Waals surface area contributed by atoms with Crippen LogP contribution in [0, 0.1) is 5.92 Å². The summed E-state index contributed by atoms with van der Waals surface area (Å²) >= 11 is 0. The van der Waals surface area contributed by atoms with Crippen LogP contribution in [-0.4, -0.2) is 17.0 Å². The van der Waals surface area contributed by atoms with Gasteiger partial charge in [-0.05, 0) is 17.9 Å². The van der Waals surface area contributed by atoms with Crippen LogP contribution in [0.25, 0.3) is 0 Å². The molecule has 2 N–H and O–H groups in total. The second kappa shape index (κ2) is 6.93. The molecular weight excluding hydrogens is 282 g/mol. The zero-order valence-corrected chi connectivity index (χ0v) is 12.6. The van der Waals surface area contributed by atoms with Gasteiger partial charge in [-0.25, -0.2) is 4.79 Å². The zero-order chi connectivity index (χ0) is 16.1. The molecule has 0 aliphatic heterocycles. The molecule has 1 heterocycles. The number of benzene rings is 1. The van der Waals surface area contributed by atoms with Crippen LogP contribution in [-0.2, 0) is 0 Å². The van der Waals surface area contributed by atoms with E-state index in [0.717, 1.165) is 18.2 Å². The fourth-order valence-corrected chi connectivity index (χ4v) is 2.23. The van der Waals surface area contributed by atoms with Gasteiger partial charge in [0.05, 0.1) is 11.6 Å². The summed E-state index contributed by atoms with van der Waals surface area (Å²) in [6.45, 7) is 4.16. The van der Waals surface area contributed by atoms with E-state index in [1.165, 1.54) is 6.07 Å². The topological polar surface area (TPSA) is 79.5 Å². The SMILES string of the molecule is CC(C)CC(NC(=O)c1cc(C(=O)O)co1)c1ccccc1. The van der Waals surface area contributed by atoms with Gasteiger partial charge in [-0.2, -0.15) is 0 Å². The molecule has 0 fully saturated rings. The van der Waals surface area contributed by atoms with Gasteiger partial charge in [0.25, 0.3) is 5.91 Å². The number of amides is 1. The van der Waals surface area contributed by atoms with Crippen LogP contribution in [0.3, 0.4) is 0 Å². The molecule has 22 heavy (non-hydrogen) atoms. The number of carbonyl (C=O) groups is 2. The summed E-state index contributed by atoms with van der Waals surface area (Å²) in [7, 11) is 0. The average Bonchev–Trinajstić information content (AvgIpc) is 2.97. The Bertz CT molecular complexity index is 646. The van der Waals surface area contributed by atoms with E-state index in [0.29, 0.717) is 5.92 Å². The molecule has 0 aliphatic carbocycles. The van der Waals surface area contributed by atoms with E-state index < -0.39 is 11.9 Å². The van der Waals surface area contributed by atoms with E-state index in [2.05, 4.69) is 19.2 Å². The molecule has 1 atom stereocenters. The Hall–Kier alpha value is -2.56. The lowest BCUT2D eigenvalue weighted by atomic mass is 9.97. The molecule has 0 radical (unpaired) electrons. The molecule has 2 rings (SSSR count). The van der Waals surface area contributed by atoms with Gasteiger partial charge in [-0.3, -0.25) is 4.79 Å². The Morgan fingerprint density at radius 2 is 1.91 bits per heavy atom. The summed E-state index contributed by atoms with van der Waals surface area (Å²) in [5.74, 6) is -1.13. The predicted molar refractivity (Wildman–Crippen MR) is 81.8 cm³/mol. The summed E-state index contributed by atoms with van der Waals surface area (Å²) in [4.78, 5) is 23.1. The number of carboxylic acid groups (broad SMARTS) is 1. The minimum atomic E-state index is -1.12. The van der Waals surface area contributed by atoms with Crippen molar-refractivity contribution in [2.45, 2.75) is 26.3 Å². The molecule has 5 nitrogen and oxygen atoms in total. The zero-order valence-electron chi connectivity index (χ0n) is 12.6. The average molecular weight is 301 g/mol. The Balaban J connectivity index is 2.15. The summed E-state index contributed by atoms with van der Waals surface area (Å²) in [5, 5.41) is 11.8. The normalized spacial score (nSPS) is 12.1. The maximum absolute atomic E-state index is 12.2. The molecule has 1 aromatic carbocycles. The van der Waals surface area contributed by atoms with Crippen molar-refractivity contribution < 1.29 is 19.1 Å². The highest BCUT2D eigenvalue weighted by atomic mass is 16.4. The van der Waals surface area contributed by atoms with Crippen LogP contribution in [0.1, 0.15) is 52.8 Å². The van der Waals surface area contributed by atoms with Crippen LogP contribution in [0.2, 0.25) is 0 Å². The highest BCUT2D eigenvalue weighted by Gasteiger charge is 2.20. The minimum Gasteiger partial charge on any atom is -0.478 e. The molecule has 1 unspecified atom stereocenters. The lowest BCUT2D eigenvalue weighted by molar-refractivity contribution is 0.0695. The van der Waals surface area contributed by atoms with Crippen molar-refractivity contribution in [3.8, 4) is 0 Å². The number of aromatic carboxylic acids is 1. The van der Waals surface area contributed by atoms with E-state index in [1.807, 2.05) is 30.3 Å². The third kappa shape index (κ3) is 3.97. The number of hydrogen-bond donors (Lipinski definition) is 2. The molecule has 5 heteroatoms. The summed E-state index contributed by atoms with van der Waals surface area (Å²) in [6.07, 6.45) is 1.85. The van der Waals surface area contributed by atoms with E-state index in [4.69, 9.17) is 9.52 Å². The molecule has 0 aliphatic rings. The fourth-order valence-electron chi connectivity index (χ4n) is 2.23. The smallest absolute Gasteiger partial charge is 0.338 e. The summed E-state index contributed by atoms with van der Waals surface area (Å²) < 4.78 is 5.04. The van der Waals surface area contributed by atoms with E-state index in [-0.39, 0.29) is 17.4 Å².